The van der Waals surface area contributed by atoms with E-state index in [0.717, 1.165) is 19.3 Å². The molecule has 0 aromatic rings. The van der Waals surface area contributed by atoms with E-state index in [4.69, 9.17) is 4.74 Å². The van der Waals surface area contributed by atoms with Crippen LogP contribution in [0.25, 0.3) is 0 Å². The Morgan fingerprint density at radius 1 is 1.36 bits per heavy atom. The van der Waals surface area contributed by atoms with Crippen molar-refractivity contribution in [3.8, 4) is 0 Å². The molecule has 3 nitrogen and oxygen atoms in total. The van der Waals surface area contributed by atoms with Crippen molar-refractivity contribution in [2.45, 2.75) is 45.3 Å². The maximum Gasteiger partial charge on any atom is 0.321 e. The highest BCUT2D eigenvalue weighted by Crippen LogP contribution is 2.03. The van der Waals surface area contributed by atoms with E-state index < -0.39 is 16.0 Å². The monoisotopic (exact) mass is 220 g/mol. The second kappa shape index (κ2) is 7.97. The standard InChI is InChI=1S/C10H20O3S/c1-4-6-7-8-14(12)9(3)10(11)13-5-2/h9H,4-8H2,1-3H3. The summed E-state index contributed by atoms with van der Waals surface area (Å²) in [4.78, 5) is 11.2. The van der Waals surface area contributed by atoms with Gasteiger partial charge in [0, 0.05) is 16.6 Å². The Hall–Kier alpha value is -0.380. The molecule has 14 heavy (non-hydrogen) atoms. The van der Waals surface area contributed by atoms with Gasteiger partial charge in [-0.1, -0.05) is 19.8 Å². The quantitative estimate of drug-likeness (QED) is 0.486. The van der Waals surface area contributed by atoms with Gasteiger partial charge in [0.2, 0.25) is 0 Å². The SMILES string of the molecule is CCCCCS(=O)C(C)C(=O)OCC. The summed E-state index contributed by atoms with van der Waals surface area (Å²) in [6, 6.07) is 0. The molecule has 0 spiro atoms. The van der Waals surface area contributed by atoms with Crippen LogP contribution in [-0.4, -0.2) is 27.8 Å². The lowest BCUT2D eigenvalue weighted by atomic mass is 10.3. The van der Waals surface area contributed by atoms with Gasteiger partial charge in [-0.05, 0) is 20.3 Å². The molecule has 0 aromatic carbocycles. The Morgan fingerprint density at radius 2 is 2.00 bits per heavy atom. The fourth-order valence-electron chi connectivity index (χ4n) is 1.04. The molecule has 0 aromatic heterocycles. The third kappa shape index (κ3) is 5.37. The zero-order chi connectivity index (χ0) is 11.0. The van der Waals surface area contributed by atoms with E-state index in [9.17, 15) is 9.00 Å². The van der Waals surface area contributed by atoms with Crippen LogP contribution in [0.1, 0.15) is 40.0 Å². The lowest BCUT2D eigenvalue weighted by Gasteiger charge is -2.09. The molecule has 0 saturated carbocycles. The molecule has 0 bridgehead atoms. The van der Waals surface area contributed by atoms with Crippen molar-refractivity contribution >= 4 is 16.8 Å². The molecule has 0 amide bonds. The van der Waals surface area contributed by atoms with Crippen molar-refractivity contribution in [1.29, 1.82) is 0 Å². The van der Waals surface area contributed by atoms with Gasteiger partial charge in [-0.2, -0.15) is 0 Å². The predicted molar refractivity (Wildman–Crippen MR) is 58.6 cm³/mol. The molecular formula is C10H20O3S. The molecule has 0 aliphatic carbocycles. The van der Waals surface area contributed by atoms with Crippen LogP contribution in [0.4, 0.5) is 0 Å². The molecule has 4 heteroatoms. The van der Waals surface area contributed by atoms with Gasteiger partial charge in [0.15, 0.2) is 0 Å². The zero-order valence-electron chi connectivity index (χ0n) is 9.25. The number of unbranched alkanes of at least 4 members (excludes halogenated alkanes) is 2. The Labute approximate surface area is 88.7 Å². The van der Waals surface area contributed by atoms with Crippen LogP contribution in [0.2, 0.25) is 0 Å². The molecular weight excluding hydrogens is 200 g/mol. The van der Waals surface area contributed by atoms with Crippen molar-refractivity contribution in [3.63, 3.8) is 0 Å². The number of rotatable bonds is 7. The minimum Gasteiger partial charge on any atom is -0.465 e. The highest BCUT2D eigenvalue weighted by Gasteiger charge is 2.20. The average molecular weight is 220 g/mol. The molecule has 0 rings (SSSR count). The third-order valence-corrected chi connectivity index (χ3v) is 3.63. The second-order valence-electron chi connectivity index (χ2n) is 3.19. The van der Waals surface area contributed by atoms with Crippen molar-refractivity contribution in [2.24, 2.45) is 0 Å². The number of hydrogen-bond acceptors (Lipinski definition) is 3. The van der Waals surface area contributed by atoms with Crippen LogP contribution in [-0.2, 0) is 20.3 Å². The number of carbonyl (C=O) groups excluding carboxylic acids is 1. The van der Waals surface area contributed by atoms with E-state index in [1.54, 1.807) is 13.8 Å². The van der Waals surface area contributed by atoms with Crippen molar-refractivity contribution in [1.82, 2.24) is 0 Å². The highest BCUT2D eigenvalue weighted by atomic mass is 32.2. The summed E-state index contributed by atoms with van der Waals surface area (Å²) >= 11 is 0. The molecule has 0 saturated heterocycles. The minimum absolute atomic E-state index is 0.345. The summed E-state index contributed by atoms with van der Waals surface area (Å²) in [5, 5.41) is -0.480. The molecule has 0 aliphatic rings. The highest BCUT2D eigenvalue weighted by molar-refractivity contribution is 7.86. The van der Waals surface area contributed by atoms with E-state index in [0.29, 0.717) is 12.4 Å². The van der Waals surface area contributed by atoms with Gasteiger partial charge in [-0.3, -0.25) is 9.00 Å². The summed E-state index contributed by atoms with van der Waals surface area (Å²) in [5.74, 6) is 0.260. The zero-order valence-corrected chi connectivity index (χ0v) is 10.1. The molecule has 0 aliphatic heterocycles. The van der Waals surface area contributed by atoms with Gasteiger partial charge in [-0.25, -0.2) is 0 Å². The van der Waals surface area contributed by atoms with E-state index in [1.165, 1.54) is 0 Å². The van der Waals surface area contributed by atoms with Crippen molar-refractivity contribution < 1.29 is 13.7 Å². The summed E-state index contributed by atoms with van der Waals surface area (Å²) in [6.45, 7) is 5.87. The van der Waals surface area contributed by atoms with E-state index in [2.05, 4.69) is 6.92 Å². The van der Waals surface area contributed by atoms with Gasteiger partial charge in [-0.15, -0.1) is 0 Å². The first kappa shape index (κ1) is 13.6. The minimum atomic E-state index is -1.07. The van der Waals surface area contributed by atoms with Gasteiger partial charge in [0.1, 0.15) is 5.25 Å². The summed E-state index contributed by atoms with van der Waals surface area (Å²) < 4.78 is 16.3. The van der Waals surface area contributed by atoms with E-state index >= 15 is 0 Å². The maximum absolute atomic E-state index is 11.5. The van der Waals surface area contributed by atoms with Crippen molar-refractivity contribution in [3.05, 3.63) is 0 Å². The van der Waals surface area contributed by atoms with Crippen LogP contribution in [0.3, 0.4) is 0 Å². The second-order valence-corrected chi connectivity index (χ2v) is 5.06. The Bertz CT molecular complexity index is 192. The van der Waals surface area contributed by atoms with E-state index in [1.807, 2.05) is 0 Å². The summed E-state index contributed by atoms with van der Waals surface area (Å²) in [5.41, 5.74) is 0. The molecule has 0 heterocycles. The fraction of sp³-hybridized carbons (Fsp3) is 0.900. The van der Waals surface area contributed by atoms with Crippen molar-refractivity contribution in [2.75, 3.05) is 12.4 Å². The Kier molecular flexibility index (Phi) is 7.76. The maximum atomic E-state index is 11.5. The topological polar surface area (TPSA) is 43.4 Å². The molecule has 2 atom stereocenters. The first-order valence-corrected chi connectivity index (χ1v) is 6.55. The number of ether oxygens (including phenoxy) is 1. The van der Waals surface area contributed by atoms with Crippen LogP contribution < -0.4 is 0 Å². The largest absolute Gasteiger partial charge is 0.465 e. The third-order valence-electron chi connectivity index (χ3n) is 1.96. The Morgan fingerprint density at radius 3 is 2.50 bits per heavy atom. The van der Waals surface area contributed by atoms with E-state index in [-0.39, 0.29) is 5.97 Å². The summed E-state index contributed by atoms with van der Waals surface area (Å²) in [6.07, 6.45) is 3.10. The first-order chi connectivity index (χ1) is 6.63. The smallest absolute Gasteiger partial charge is 0.321 e. The number of carbonyl (C=O) groups is 1. The first-order valence-electron chi connectivity index (χ1n) is 5.17. The molecule has 2 unspecified atom stereocenters. The van der Waals surface area contributed by atoms with Gasteiger partial charge >= 0.3 is 5.97 Å². The fourth-order valence-corrected chi connectivity index (χ4v) is 2.16. The summed E-state index contributed by atoms with van der Waals surface area (Å²) in [7, 11) is -1.07. The average Bonchev–Trinajstić information content (AvgIpc) is 2.17. The van der Waals surface area contributed by atoms with Crippen LogP contribution in [0, 0.1) is 0 Å². The lowest BCUT2D eigenvalue weighted by molar-refractivity contribution is -0.142. The molecule has 0 fully saturated rings. The normalized spacial score (nSPS) is 14.8. The van der Waals surface area contributed by atoms with Gasteiger partial charge in [0.05, 0.1) is 6.61 Å². The Balaban J connectivity index is 3.80. The van der Waals surface area contributed by atoms with Crippen LogP contribution >= 0.6 is 0 Å². The lowest BCUT2D eigenvalue weighted by Crippen LogP contribution is -2.26. The molecule has 84 valence electrons. The molecule has 0 radical (unpaired) electrons. The number of esters is 1. The number of hydrogen-bond donors (Lipinski definition) is 0. The van der Waals surface area contributed by atoms with Gasteiger partial charge in [0.25, 0.3) is 0 Å². The predicted octanol–water partition coefficient (Wildman–Crippen LogP) is 1.88. The molecule has 0 N–H and O–H groups in total. The van der Waals surface area contributed by atoms with Crippen LogP contribution in [0.5, 0.6) is 0 Å². The van der Waals surface area contributed by atoms with Crippen LogP contribution in [0.15, 0.2) is 0 Å². The van der Waals surface area contributed by atoms with Gasteiger partial charge < -0.3 is 4.74 Å².